The number of rotatable bonds is 5. The van der Waals surface area contributed by atoms with E-state index in [9.17, 15) is 0 Å². The van der Waals surface area contributed by atoms with Crippen molar-refractivity contribution in [3.05, 3.63) is 24.3 Å². The van der Waals surface area contributed by atoms with Crippen LogP contribution in [-0.2, 0) is 4.74 Å². The maximum atomic E-state index is 8.71. The normalized spacial score (nSPS) is 22.9. The van der Waals surface area contributed by atoms with Crippen molar-refractivity contribution in [1.82, 2.24) is 0 Å². The van der Waals surface area contributed by atoms with Crippen molar-refractivity contribution in [3.63, 3.8) is 0 Å². The van der Waals surface area contributed by atoms with Crippen molar-refractivity contribution in [2.45, 2.75) is 30.0 Å². The van der Waals surface area contributed by atoms with Gasteiger partial charge in [-0.2, -0.15) is 0 Å². The van der Waals surface area contributed by atoms with Crippen molar-refractivity contribution in [3.8, 4) is 0 Å². The van der Waals surface area contributed by atoms with E-state index >= 15 is 0 Å². The molecule has 1 heterocycles. The van der Waals surface area contributed by atoms with Crippen LogP contribution >= 0.6 is 11.8 Å². The summed E-state index contributed by atoms with van der Waals surface area (Å²) in [7, 11) is 0. The van der Waals surface area contributed by atoms with Crippen molar-refractivity contribution in [1.29, 1.82) is 0 Å². The highest BCUT2D eigenvalue weighted by Crippen LogP contribution is 2.40. The minimum Gasteiger partial charge on any atom is -0.394 e. The van der Waals surface area contributed by atoms with Gasteiger partial charge in [0.15, 0.2) is 0 Å². The lowest BCUT2D eigenvalue weighted by Gasteiger charge is -2.40. The number of fused-ring (bicyclic) bond motifs is 1. The van der Waals surface area contributed by atoms with E-state index in [4.69, 9.17) is 9.84 Å². The number of hydrogen-bond donors (Lipinski definition) is 1. The predicted molar refractivity (Wildman–Crippen MR) is 76.5 cm³/mol. The summed E-state index contributed by atoms with van der Waals surface area (Å²) in [6, 6.07) is 9.04. The third-order valence-electron chi connectivity index (χ3n) is 3.37. The second kappa shape index (κ2) is 6.45. The highest BCUT2D eigenvalue weighted by atomic mass is 32.2. The van der Waals surface area contributed by atoms with E-state index in [1.807, 2.05) is 11.8 Å². The maximum Gasteiger partial charge on any atom is 0.0698 e. The molecule has 1 aromatic rings. The molecule has 1 aromatic carbocycles. The fraction of sp³-hybridized carbons (Fsp3) is 0.571. The van der Waals surface area contributed by atoms with Crippen LogP contribution in [0.4, 0.5) is 5.69 Å². The molecule has 100 valence electrons. The zero-order chi connectivity index (χ0) is 13.0. The van der Waals surface area contributed by atoms with Crippen LogP contribution in [-0.4, -0.2) is 42.8 Å². The molecule has 18 heavy (non-hydrogen) atoms. The number of ether oxygens (including phenoxy) is 1. The van der Waals surface area contributed by atoms with Gasteiger partial charge in [0.05, 0.1) is 25.5 Å². The smallest absolute Gasteiger partial charge is 0.0698 e. The van der Waals surface area contributed by atoms with Crippen molar-refractivity contribution < 1.29 is 9.84 Å². The molecule has 0 saturated heterocycles. The largest absolute Gasteiger partial charge is 0.394 e. The Bertz CT molecular complexity index is 386. The van der Waals surface area contributed by atoms with Crippen LogP contribution in [0.15, 0.2) is 29.2 Å². The zero-order valence-electron chi connectivity index (χ0n) is 11.0. The summed E-state index contributed by atoms with van der Waals surface area (Å²) in [6.45, 7) is 6.60. The second-order valence-corrected chi connectivity index (χ2v) is 5.98. The summed E-state index contributed by atoms with van der Waals surface area (Å²) in [5.74, 6) is 0. The summed E-state index contributed by atoms with van der Waals surface area (Å²) in [6.07, 6.45) is 0. The van der Waals surface area contributed by atoms with Gasteiger partial charge < -0.3 is 14.7 Å². The molecule has 2 unspecified atom stereocenters. The molecule has 0 aliphatic carbocycles. The van der Waals surface area contributed by atoms with E-state index in [1.165, 1.54) is 10.6 Å². The van der Waals surface area contributed by atoms with Crippen LogP contribution in [0.2, 0.25) is 0 Å². The Morgan fingerprint density at radius 3 is 2.83 bits per heavy atom. The van der Waals surface area contributed by atoms with Crippen LogP contribution in [0.1, 0.15) is 13.8 Å². The van der Waals surface area contributed by atoms with E-state index in [0.717, 1.165) is 6.54 Å². The van der Waals surface area contributed by atoms with Gasteiger partial charge >= 0.3 is 0 Å². The van der Waals surface area contributed by atoms with E-state index < -0.39 is 0 Å². The molecule has 1 aliphatic rings. The minimum absolute atomic E-state index is 0.0956. The van der Waals surface area contributed by atoms with Gasteiger partial charge in [-0.25, -0.2) is 0 Å². The number of aliphatic hydroxyl groups is 1. The van der Waals surface area contributed by atoms with Crippen LogP contribution < -0.4 is 4.90 Å². The Morgan fingerprint density at radius 1 is 1.28 bits per heavy atom. The maximum absolute atomic E-state index is 8.71. The lowest BCUT2D eigenvalue weighted by molar-refractivity contribution is 0.0959. The standard InChI is InChI=1S/C14H21NO2S/c1-11-12(2)18-14-6-4-3-5-13(14)15(11)7-9-17-10-8-16/h3-6,11-12,16H,7-10H2,1-2H3. The Hall–Kier alpha value is -0.710. The topological polar surface area (TPSA) is 32.7 Å². The van der Waals surface area contributed by atoms with Crippen LogP contribution in [0.3, 0.4) is 0 Å². The Morgan fingerprint density at radius 2 is 2.06 bits per heavy atom. The number of benzene rings is 1. The molecule has 0 fully saturated rings. The van der Waals surface area contributed by atoms with Crippen molar-refractivity contribution >= 4 is 17.4 Å². The Kier molecular flexibility index (Phi) is 4.92. The van der Waals surface area contributed by atoms with Gasteiger partial charge in [0.1, 0.15) is 0 Å². The Labute approximate surface area is 113 Å². The lowest BCUT2D eigenvalue weighted by Crippen LogP contribution is -2.43. The molecule has 0 aromatic heterocycles. The first-order chi connectivity index (χ1) is 8.74. The number of aliphatic hydroxyl groups excluding tert-OH is 1. The quantitative estimate of drug-likeness (QED) is 0.830. The average molecular weight is 267 g/mol. The average Bonchev–Trinajstić information content (AvgIpc) is 2.38. The van der Waals surface area contributed by atoms with Gasteiger partial charge in [-0.1, -0.05) is 19.1 Å². The first-order valence-corrected chi connectivity index (χ1v) is 7.33. The van der Waals surface area contributed by atoms with Crippen LogP contribution in [0.5, 0.6) is 0 Å². The molecule has 0 saturated carbocycles. The molecule has 3 nitrogen and oxygen atoms in total. The summed E-state index contributed by atoms with van der Waals surface area (Å²) in [5.41, 5.74) is 1.31. The molecule has 1 N–H and O–H groups in total. The van der Waals surface area contributed by atoms with E-state index in [0.29, 0.717) is 24.5 Å². The van der Waals surface area contributed by atoms with Crippen molar-refractivity contribution in [2.24, 2.45) is 0 Å². The molecule has 2 rings (SSSR count). The molecule has 4 heteroatoms. The van der Waals surface area contributed by atoms with Crippen LogP contribution in [0.25, 0.3) is 0 Å². The number of para-hydroxylation sites is 1. The van der Waals surface area contributed by atoms with Gasteiger partial charge in [-0.15, -0.1) is 11.8 Å². The predicted octanol–water partition coefficient (Wildman–Crippen LogP) is 2.38. The monoisotopic (exact) mass is 267 g/mol. The first kappa shape index (κ1) is 13.7. The van der Waals surface area contributed by atoms with E-state index in [1.54, 1.807) is 0 Å². The Balaban J connectivity index is 2.07. The first-order valence-electron chi connectivity index (χ1n) is 6.45. The van der Waals surface area contributed by atoms with Gasteiger partial charge in [0.2, 0.25) is 0 Å². The number of nitrogens with zero attached hydrogens (tertiary/aromatic N) is 1. The molecule has 2 atom stereocenters. The second-order valence-electron chi connectivity index (χ2n) is 4.56. The molecule has 0 radical (unpaired) electrons. The molecule has 0 amide bonds. The number of anilines is 1. The number of thioether (sulfide) groups is 1. The summed E-state index contributed by atoms with van der Waals surface area (Å²) in [5, 5.41) is 9.29. The fourth-order valence-corrected chi connectivity index (χ4v) is 3.43. The lowest BCUT2D eigenvalue weighted by atomic mass is 10.1. The molecular formula is C14H21NO2S. The van der Waals surface area contributed by atoms with Gasteiger partial charge in [-0.3, -0.25) is 0 Å². The van der Waals surface area contributed by atoms with E-state index in [2.05, 4.69) is 43.0 Å². The molecular weight excluding hydrogens is 246 g/mol. The molecule has 0 bridgehead atoms. The van der Waals surface area contributed by atoms with Crippen LogP contribution in [0, 0.1) is 0 Å². The summed E-state index contributed by atoms with van der Waals surface area (Å²) >= 11 is 1.94. The zero-order valence-corrected chi connectivity index (χ0v) is 11.8. The van der Waals surface area contributed by atoms with Gasteiger partial charge in [-0.05, 0) is 19.1 Å². The third-order valence-corrected chi connectivity index (χ3v) is 4.74. The third kappa shape index (κ3) is 2.99. The van der Waals surface area contributed by atoms with Crippen molar-refractivity contribution in [2.75, 3.05) is 31.3 Å². The van der Waals surface area contributed by atoms with Gasteiger partial charge in [0, 0.05) is 22.7 Å². The SMILES string of the molecule is CC1Sc2ccccc2N(CCOCCO)C1C. The number of hydrogen-bond acceptors (Lipinski definition) is 4. The van der Waals surface area contributed by atoms with E-state index in [-0.39, 0.29) is 6.61 Å². The summed E-state index contributed by atoms with van der Waals surface area (Å²) < 4.78 is 5.39. The van der Waals surface area contributed by atoms with Gasteiger partial charge in [0.25, 0.3) is 0 Å². The minimum atomic E-state index is 0.0956. The fourth-order valence-electron chi connectivity index (χ4n) is 2.22. The molecule has 1 aliphatic heterocycles. The highest BCUT2D eigenvalue weighted by molar-refractivity contribution is 8.00. The summed E-state index contributed by atoms with van der Waals surface area (Å²) in [4.78, 5) is 3.76. The molecule has 0 spiro atoms. The highest BCUT2D eigenvalue weighted by Gasteiger charge is 2.28.